The topological polar surface area (TPSA) is 107 Å². The van der Waals surface area contributed by atoms with Gasteiger partial charge in [0.15, 0.2) is 6.54 Å². The number of benzene rings is 2. The van der Waals surface area contributed by atoms with Gasteiger partial charge in [-0.05, 0) is 51.5 Å². The van der Waals surface area contributed by atoms with Crippen LogP contribution in [-0.2, 0) is 11.3 Å². The summed E-state index contributed by atoms with van der Waals surface area (Å²) in [6.07, 6.45) is 0. The standard InChI is InChI=1S/C18H11BrFN5O3S/c19-13-6-3-11(20)7-16(13)29-12-4-1-10(2-5-12)14-8-15(28-23-14)18-21-24-25(22-18)9-17(26)27/h1-8H,9H2,(H,26,27). The minimum absolute atomic E-state index is 0.146. The van der Waals surface area contributed by atoms with E-state index in [1.165, 1.54) is 23.9 Å². The summed E-state index contributed by atoms with van der Waals surface area (Å²) in [5.41, 5.74) is 1.37. The van der Waals surface area contributed by atoms with E-state index >= 15 is 0 Å². The number of aromatic nitrogens is 5. The molecule has 146 valence electrons. The summed E-state index contributed by atoms with van der Waals surface area (Å²) in [7, 11) is 0. The van der Waals surface area contributed by atoms with Crippen LogP contribution in [0.2, 0.25) is 0 Å². The molecule has 29 heavy (non-hydrogen) atoms. The molecule has 0 amide bonds. The molecule has 2 heterocycles. The highest BCUT2D eigenvalue weighted by Crippen LogP contribution is 2.35. The van der Waals surface area contributed by atoms with Crippen molar-refractivity contribution in [2.75, 3.05) is 0 Å². The molecule has 2 aromatic heterocycles. The fourth-order valence-electron chi connectivity index (χ4n) is 2.42. The molecule has 0 aliphatic heterocycles. The summed E-state index contributed by atoms with van der Waals surface area (Å²) in [6, 6.07) is 13.7. The number of nitrogens with zero attached hydrogens (tertiary/aromatic N) is 5. The van der Waals surface area contributed by atoms with Crippen LogP contribution in [-0.4, -0.2) is 36.4 Å². The van der Waals surface area contributed by atoms with E-state index in [4.69, 9.17) is 9.63 Å². The van der Waals surface area contributed by atoms with E-state index in [9.17, 15) is 9.18 Å². The van der Waals surface area contributed by atoms with Gasteiger partial charge in [-0.2, -0.15) is 4.80 Å². The third kappa shape index (κ3) is 4.51. The van der Waals surface area contributed by atoms with Gasteiger partial charge in [-0.3, -0.25) is 4.79 Å². The van der Waals surface area contributed by atoms with Crippen molar-refractivity contribution in [1.29, 1.82) is 0 Å². The minimum atomic E-state index is -1.07. The van der Waals surface area contributed by atoms with Crippen LogP contribution in [0.4, 0.5) is 4.39 Å². The minimum Gasteiger partial charge on any atom is -0.480 e. The van der Waals surface area contributed by atoms with Crippen molar-refractivity contribution in [2.24, 2.45) is 0 Å². The lowest BCUT2D eigenvalue weighted by Crippen LogP contribution is -2.11. The van der Waals surface area contributed by atoms with Crippen LogP contribution >= 0.6 is 27.7 Å². The Hall–Kier alpha value is -3.05. The molecule has 4 aromatic rings. The Morgan fingerprint density at radius 3 is 2.76 bits per heavy atom. The van der Waals surface area contributed by atoms with Gasteiger partial charge in [0.2, 0.25) is 11.6 Å². The summed E-state index contributed by atoms with van der Waals surface area (Å²) in [5.74, 6) is -0.946. The maximum Gasteiger partial charge on any atom is 0.327 e. The summed E-state index contributed by atoms with van der Waals surface area (Å²) in [5, 5.41) is 24.1. The van der Waals surface area contributed by atoms with Crippen molar-refractivity contribution in [3.63, 3.8) is 0 Å². The van der Waals surface area contributed by atoms with E-state index in [0.717, 1.165) is 24.6 Å². The Labute approximate surface area is 175 Å². The predicted molar refractivity (Wildman–Crippen MR) is 105 cm³/mol. The Morgan fingerprint density at radius 1 is 1.21 bits per heavy atom. The van der Waals surface area contributed by atoms with E-state index < -0.39 is 12.5 Å². The second-order valence-electron chi connectivity index (χ2n) is 5.81. The molecule has 0 spiro atoms. The number of carbonyl (C=O) groups is 1. The fourth-order valence-corrected chi connectivity index (χ4v) is 3.78. The highest BCUT2D eigenvalue weighted by Gasteiger charge is 2.15. The van der Waals surface area contributed by atoms with Crippen LogP contribution in [0, 0.1) is 5.82 Å². The van der Waals surface area contributed by atoms with Gasteiger partial charge >= 0.3 is 5.97 Å². The molecule has 0 saturated carbocycles. The number of carboxylic acids is 1. The van der Waals surface area contributed by atoms with Crippen LogP contribution in [0.25, 0.3) is 22.8 Å². The van der Waals surface area contributed by atoms with Gasteiger partial charge in [0, 0.05) is 25.9 Å². The molecule has 11 heteroatoms. The Kier molecular flexibility index (Phi) is 5.41. The first-order valence-corrected chi connectivity index (χ1v) is 9.79. The van der Waals surface area contributed by atoms with Crippen LogP contribution < -0.4 is 0 Å². The summed E-state index contributed by atoms with van der Waals surface area (Å²) < 4.78 is 19.5. The lowest BCUT2D eigenvalue weighted by Gasteiger charge is -2.05. The van der Waals surface area contributed by atoms with Gasteiger partial charge in [-0.1, -0.05) is 29.1 Å². The van der Waals surface area contributed by atoms with Gasteiger partial charge in [0.05, 0.1) is 0 Å². The van der Waals surface area contributed by atoms with E-state index in [1.54, 1.807) is 12.1 Å². The zero-order valence-corrected chi connectivity index (χ0v) is 16.9. The molecule has 2 aromatic carbocycles. The quantitative estimate of drug-likeness (QED) is 0.443. The SMILES string of the molecule is O=C(O)Cn1nnc(-c2cc(-c3ccc(Sc4cc(F)ccc4Br)cc3)no2)n1. The van der Waals surface area contributed by atoms with Crippen molar-refractivity contribution in [3.05, 3.63) is 58.8 Å². The first-order valence-electron chi connectivity index (χ1n) is 8.18. The number of halogens is 2. The second kappa shape index (κ2) is 8.13. The molecule has 0 atom stereocenters. The maximum atomic E-state index is 13.4. The van der Waals surface area contributed by atoms with Gasteiger partial charge in [0.25, 0.3) is 0 Å². The number of rotatable bonds is 6. The van der Waals surface area contributed by atoms with E-state index in [2.05, 4.69) is 36.5 Å². The summed E-state index contributed by atoms with van der Waals surface area (Å²) in [6.45, 7) is -0.394. The molecular formula is C18H11BrFN5O3S. The molecule has 0 aliphatic rings. The Balaban J connectivity index is 1.50. The summed E-state index contributed by atoms with van der Waals surface area (Å²) in [4.78, 5) is 13.4. The lowest BCUT2D eigenvalue weighted by molar-refractivity contribution is -0.138. The van der Waals surface area contributed by atoms with Crippen LogP contribution in [0.5, 0.6) is 0 Å². The molecule has 0 bridgehead atoms. The second-order valence-corrected chi connectivity index (χ2v) is 7.78. The molecular weight excluding hydrogens is 465 g/mol. The average molecular weight is 476 g/mol. The fraction of sp³-hybridized carbons (Fsp3) is 0.0556. The highest BCUT2D eigenvalue weighted by atomic mass is 79.9. The van der Waals surface area contributed by atoms with Crippen molar-refractivity contribution in [1.82, 2.24) is 25.4 Å². The normalized spacial score (nSPS) is 11.0. The molecule has 8 nitrogen and oxygen atoms in total. The largest absolute Gasteiger partial charge is 0.480 e. The van der Waals surface area contributed by atoms with Crippen molar-refractivity contribution >= 4 is 33.7 Å². The van der Waals surface area contributed by atoms with Crippen LogP contribution in [0.15, 0.2) is 67.3 Å². The maximum absolute atomic E-state index is 13.4. The highest BCUT2D eigenvalue weighted by molar-refractivity contribution is 9.10. The predicted octanol–water partition coefficient (Wildman–Crippen LogP) is 4.13. The molecule has 1 N–H and O–H groups in total. The molecule has 0 unspecified atom stereocenters. The zero-order valence-electron chi connectivity index (χ0n) is 14.5. The van der Waals surface area contributed by atoms with Gasteiger partial charge in [0.1, 0.15) is 11.5 Å². The van der Waals surface area contributed by atoms with Gasteiger partial charge in [-0.15, -0.1) is 10.2 Å². The summed E-state index contributed by atoms with van der Waals surface area (Å²) >= 11 is 4.85. The molecule has 0 radical (unpaired) electrons. The van der Waals surface area contributed by atoms with Gasteiger partial charge < -0.3 is 9.63 Å². The number of aliphatic carboxylic acids is 1. The number of hydrogen-bond donors (Lipinski definition) is 1. The van der Waals surface area contributed by atoms with Crippen LogP contribution in [0.3, 0.4) is 0 Å². The number of carboxylic acid groups (broad SMARTS) is 1. The number of hydrogen-bond acceptors (Lipinski definition) is 7. The molecule has 0 fully saturated rings. The first kappa shape index (κ1) is 19.3. The monoisotopic (exact) mass is 475 g/mol. The average Bonchev–Trinajstić information content (AvgIpc) is 3.34. The first-order chi connectivity index (χ1) is 14.0. The van der Waals surface area contributed by atoms with E-state index in [1.807, 2.05) is 24.3 Å². The van der Waals surface area contributed by atoms with E-state index in [-0.39, 0.29) is 17.4 Å². The number of tetrazole rings is 1. The Bertz CT molecular complexity index is 1180. The van der Waals surface area contributed by atoms with Crippen LogP contribution in [0.1, 0.15) is 0 Å². The van der Waals surface area contributed by atoms with Gasteiger partial charge in [-0.25, -0.2) is 4.39 Å². The molecule has 0 saturated heterocycles. The lowest BCUT2D eigenvalue weighted by atomic mass is 10.1. The third-order valence-corrected chi connectivity index (χ3v) is 5.75. The van der Waals surface area contributed by atoms with Crippen molar-refractivity contribution < 1.29 is 18.8 Å². The molecule has 0 aliphatic carbocycles. The smallest absolute Gasteiger partial charge is 0.327 e. The zero-order chi connectivity index (χ0) is 20.4. The van der Waals surface area contributed by atoms with Crippen molar-refractivity contribution in [3.8, 4) is 22.8 Å². The Morgan fingerprint density at radius 2 is 2.00 bits per heavy atom. The van der Waals surface area contributed by atoms with E-state index in [0.29, 0.717) is 5.69 Å². The molecule has 4 rings (SSSR count). The van der Waals surface area contributed by atoms with Crippen molar-refractivity contribution in [2.45, 2.75) is 16.3 Å². The third-order valence-electron chi connectivity index (χ3n) is 3.73.